The molecule has 2 rings (SSSR count). The SMILES string of the molecule is COc1ccc(C(C)Nc2nc(Br)cs2)cc1. The van der Waals surface area contributed by atoms with Gasteiger partial charge in [0, 0.05) is 5.38 Å². The Kier molecular flexibility index (Phi) is 4.02. The molecule has 0 bridgehead atoms. The molecule has 0 saturated carbocycles. The topological polar surface area (TPSA) is 34.1 Å². The molecule has 1 unspecified atom stereocenters. The van der Waals surface area contributed by atoms with Gasteiger partial charge in [-0.05, 0) is 40.5 Å². The van der Waals surface area contributed by atoms with E-state index in [1.807, 2.05) is 17.5 Å². The van der Waals surface area contributed by atoms with Crippen molar-refractivity contribution in [1.82, 2.24) is 4.98 Å². The molecule has 1 heterocycles. The first-order valence-corrected chi connectivity index (χ1v) is 6.88. The van der Waals surface area contributed by atoms with Crippen LogP contribution in [0.3, 0.4) is 0 Å². The Hall–Kier alpha value is -1.07. The quantitative estimate of drug-likeness (QED) is 0.923. The number of thiazole rings is 1. The van der Waals surface area contributed by atoms with Crippen molar-refractivity contribution in [2.24, 2.45) is 0 Å². The average molecular weight is 313 g/mol. The number of ether oxygens (including phenoxy) is 1. The third kappa shape index (κ3) is 3.20. The summed E-state index contributed by atoms with van der Waals surface area (Å²) in [5.74, 6) is 0.873. The molecule has 3 nitrogen and oxygen atoms in total. The van der Waals surface area contributed by atoms with Crippen molar-refractivity contribution in [3.63, 3.8) is 0 Å². The lowest BCUT2D eigenvalue weighted by Gasteiger charge is -2.13. The molecule has 0 spiro atoms. The highest BCUT2D eigenvalue weighted by molar-refractivity contribution is 9.10. The lowest BCUT2D eigenvalue weighted by Crippen LogP contribution is -2.06. The van der Waals surface area contributed by atoms with Crippen molar-refractivity contribution in [3.05, 3.63) is 39.8 Å². The van der Waals surface area contributed by atoms with E-state index < -0.39 is 0 Å². The number of nitrogens with zero attached hydrogens (tertiary/aromatic N) is 1. The number of methoxy groups -OCH3 is 1. The number of hydrogen-bond acceptors (Lipinski definition) is 4. The average Bonchev–Trinajstić information content (AvgIpc) is 2.75. The van der Waals surface area contributed by atoms with Gasteiger partial charge in [-0.3, -0.25) is 0 Å². The van der Waals surface area contributed by atoms with Crippen LogP contribution >= 0.6 is 27.3 Å². The monoisotopic (exact) mass is 312 g/mol. The van der Waals surface area contributed by atoms with Crippen LogP contribution in [0.1, 0.15) is 18.5 Å². The standard InChI is InChI=1S/C12H13BrN2OS/c1-8(14-12-15-11(13)7-17-12)9-3-5-10(16-2)6-4-9/h3-8H,1-2H3,(H,14,15). The van der Waals surface area contributed by atoms with Crippen LogP contribution in [0.5, 0.6) is 5.75 Å². The number of rotatable bonds is 4. The van der Waals surface area contributed by atoms with Gasteiger partial charge in [-0.25, -0.2) is 4.98 Å². The van der Waals surface area contributed by atoms with Crippen LogP contribution in [0.2, 0.25) is 0 Å². The first-order valence-electron chi connectivity index (χ1n) is 5.20. The summed E-state index contributed by atoms with van der Waals surface area (Å²) in [5.41, 5.74) is 1.21. The van der Waals surface area contributed by atoms with Gasteiger partial charge >= 0.3 is 0 Å². The summed E-state index contributed by atoms with van der Waals surface area (Å²) in [4.78, 5) is 4.31. The zero-order valence-electron chi connectivity index (χ0n) is 9.61. The van der Waals surface area contributed by atoms with Gasteiger partial charge in [0.05, 0.1) is 13.2 Å². The van der Waals surface area contributed by atoms with Crippen LogP contribution in [0, 0.1) is 0 Å². The number of hydrogen-bond donors (Lipinski definition) is 1. The molecule has 0 aliphatic heterocycles. The molecule has 0 saturated heterocycles. The molecule has 0 aliphatic rings. The zero-order valence-corrected chi connectivity index (χ0v) is 12.0. The second kappa shape index (κ2) is 5.51. The summed E-state index contributed by atoms with van der Waals surface area (Å²) in [6.45, 7) is 2.11. The van der Waals surface area contributed by atoms with Crippen molar-refractivity contribution in [1.29, 1.82) is 0 Å². The lowest BCUT2D eigenvalue weighted by atomic mass is 10.1. The third-order valence-electron chi connectivity index (χ3n) is 2.43. The number of nitrogens with one attached hydrogen (secondary N) is 1. The van der Waals surface area contributed by atoms with Crippen LogP contribution in [0.15, 0.2) is 34.2 Å². The van der Waals surface area contributed by atoms with Crippen LogP contribution in [0.25, 0.3) is 0 Å². The van der Waals surface area contributed by atoms with Gasteiger partial charge in [0.25, 0.3) is 0 Å². The molecule has 0 fully saturated rings. The summed E-state index contributed by atoms with van der Waals surface area (Å²) < 4.78 is 6.00. The Morgan fingerprint density at radius 1 is 1.35 bits per heavy atom. The number of halogens is 1. The molecule has 5 heteroatoms. The van der Waals surface area contributed by atoms with Crippen molar-refractivity contribution < 1.29 is 4.74 Å². The zero-order chi connectivity index (χ0) is 12.3. The molecule has 0 amide bonds. The number of anilines is 1. The molecule has 2 aromatic rings. The van der Waals surface area contributed by atoms with E-state index in [1.54, 1.807) is 18.4 Å². The summed E-state index contributed by atoms with van der Waals surface area (Å²) >= 11 is 4.93. The Morgan fingerprint density at radius 2 is 2.06 bits per heavy atom. The second-order valence-electron chi connectivity index (χ2n) is 3.61. The fourth-order valence-corrected chi connectivity index (χ4v) is 2.71. The molecule has 1 aromatic heterocycles. The van der Waals surface area contributed by atoms with E-state index in [1.165, 1.54) is 5.56 Å². The number of benzene rings is 1. The molecule has 1 aromatic carbocycles. The van der Waals surface area contributed by atoms with Crippen molar-refractivity contribution >= 4 is 32.4 Å². The predicted molar refractivity (Wildman–Crippen MR) is 74.8 cm³/mol. The molecule has 90 valence electrons. The van der Waals surface area contributed by atoms with Gasteiger partial charge in [-0.15, -0.1) is 11.3 Å². The first-order chi connectivity index (χ1) is 8.19. The van der Waals surface area contributed by atoms with Crippen molar-refractivity contribution in [3.8, 4) is 5.75 Å². The van der Waals surface area contributed by atoms with Crippen molar-refractivity contribution in [2.75, 3.05) is 12.4 Å². The minimum Gasteiger partial charge on any atom is -0.497 e. The highest BCUT2D eigenvalue weighted by Crippen LogP contribution is 2.25. The van der Waals surface area contributed by atoms with Gasteiger partial charge in [0.2, 0.25) is 0 Å². The summed E-state index contributed by atoms with van der Waals surface area (Å²) in [6.07, 6.45) is 0. The van der Waals surface area contributed by atoms with Gasteiger partial charge in [-0.1, -0.05) is 12.1 Å². The highest BCUT2D eigenvalue weighted by Gasteiger charge is 2.07. The second-order valence-corrected chi connectivity index (χ2v) is 5.29. The maximum absolute atomic E-state index is 5.13. The molecule has 17 heavy (non-hydrogen) atoms. The molecule has 1 atom stereocenters. The normalized spacial score (nSPS) is 12.2. The van der Waals surface area contributed by atoms with Crippen LogP contribution in [0.4, 0.5) is 5.13 Å². The van der Waals surface area contributed by atoms with Gasteiger partial charge in [0.15, 0.2) is 5.13 Å². The van der Waals surface area contributed by atoms with E-state index in [0.29, 0.717) is 0 Å². The summed E-state index contributed by atoms with van der Waals surface area (Å²) in [5, 5.41) is 6.23. The van der Waals surface area contributed by atoms with E-state index in [4.69, 9.17) is 4.74 Å². The maximum Gasteiger partial charge on any atom is 0.184 e. The van der Waals surface area contributed by atoms with Gasteiger partial charge in [0.1, 0.15) is 10.4 Å². The highest BCUT2D eigenvalue weighted by atomic mass is 79.9. The minimum atomic E-state index is 0.221. The fourth-order valence-electron chi connectivity index (χ4n) is 1.48. The molecule has 0 aliphatic carbocycles. The summed E-state index contributed by atoms with van der Waals surface area (Å²) in [6, 6.07) is 8.26. The van der Waals surface area contributed by atoms with E-state index in [9.17, 15) is 0 Å². The lowest BCUT2D eigenvalue weighted by molar-refractivity contribution is 0.414. The fraction of sp³-hybridized carbons (Fsp3) is 0.250. The Balaban J connectivity index is 2.06. The molecule has 1 N–H and O–H groups in total. The van der Waals surface area contributed by atoms with Crippen LogP contribution < -0.4 is 10.1 Å². The van der Waals surface area contributed by atoms with Crippen LogP contribution in [-0.2, 0) is 0 Å². The molecular formula is C12H13BrN2OS. The van der Waals surface area contributed by atoms with E-state index in [-0.39, 0.29) is 6.04 Å². The smallest absolute Gasteiger partial charge is 0.184 e. The van der Waals surface area contributed by atoms with Gasteiger partial charge < -0.3 is 10.1 Å². The Morgan fingerprint density at radius 3 is 2.59 bits per heavy atom. The molecular weight excluding hydrogens is 300 g/mol. The third-order valence-corrected chi connectivity index (χ3v) is 3.91. The van der Waals surface area contributed by atoms with E-state index >= 15 is 0 Å². The van der Waals surface area contributed by atoms with Crippen LogP contribution in [-0.4, -0.2) is 12.1 Å². The Bertz CT molecular complexity index is 484. The largest absolute Gasteiger partial charge is 0.497 e. The predicted octanol–water partition coefficient (Wildman–Crippen LogP) is 4.09. The first kappa shape index (κ1) is 12.4. The van der Waals surface area contributed by atoms with E-state index in [2.05, 4.69) is 45.3 Å². The number of aromatic nitrogens is 1. The summed E-state index contributed by atoms with van der Waals surface area (Å²) in [7, 11) is 1.67. The minimum absolute atomic E-state index is 0.221. The van der Waals surface area contributed by atoms with Crippen molar-refractivity contribution in [2.45, 2.75) is 13.0 Å². The van der Waals surface area contributed by atoms with E-state index in [0.717, 1.165) is 15.5 Å². The Labute approximate surface area is 113 Å². The maximum atomic E-state index is 5.13. The molecule has 0 radical (unpaired) electrons. The van der Waals surface area contributed by atoms with Gasteiger partial charge in [-0.2, -0.15) is 0 Å².